The Balaban J connectivity index is 2.39. The van der Waals surface area contributed by atoms with E-state index in [-0.39, 0.29) is 17.3 Å². The predicted octanol–water partition coefficient (Wildman–Crippen LogP) is 3.01. The number of nitrogens with zero attached hydrogens (tertiary/aromatic N) is 1. The van der Waals surface area contributed by atoms with Crippen LogP contribution in [0.1, 0.15) is 38.5 Å². The van der Waals surface area contributed by atoms with Gasteiger partial charge in [0.05, 0.1) is 17.9 Å². The number of rotatable bonds is 4. The molecular weight excluding hydrogens is 278 g/mol. The van der Waals surface area contributed by atoms with Gasteiger partial charge in [-0.25, -0.2) is 0 Å². The molecule has 0 aromatic carbocycles. The highest BCUT2D eigenvalue weighted by Gasteiger charge is 2.64. The molecule has 1 heterocycles. The normalized spacial score (nSPS) is 33.0. The third-order valence-electron chi connectivity index (χ3n) is 4.58. The van der Waals surface area contributed by atoms with E-state index in [4.69, 9.17) is 4.74 Å². The Bertz CT molecular complexity index is 515. The first-order valence-corrected chi connectivity index (χ1v) is 7.58. The summed E-state index contributed by atoms with van der Waals surface area (Å²) in [7, 11) is 0. The van der Waals surface area contributed by atoms with Crippen LogP contribution in [0.5, 0.6) is 0 Å². The minimum absolute atomic E-state index is 0.229. The minimum Gasteiger partial charge on any atom is -0.466 e. The Labute approximate surface area is 122 Å². The topological polar surface area (TPSA) is 69.4 Å². The van der Waals surface area contributed by atoms with E-state index >= 15 is 0 Å². The summed E-state index contributed by atoms with van der Waals surface area (Å²) in [5.41, 5.74) is -1.78. The van der Waals surface area contributed by atoms with Gasteiger partial charge in [0.25, 0.3) is 0 Å². The zero-order chi connectivity index (χ0) is 15.0. The highest BCUT2D eigenvalue weighted by atomic mass is 32.1. The molecule has 1 unspecified atom stereocenters. The van der Waals surface area contributed by atoms with E-state index < -0.39 is 16.9 Å². The third-order valence-corrected chi connectivity index (χ3v) is 5.71. The lowest BCUT2D eigenvalue weighted by atomic mass is 9.74. The number of carbonyl (C=O) groups is 1. The molecule has 0 amide bonds. The number of hydrogen-bond donors (Lipinski definition) is 0. The molecule has 6 heteroatoms. The monoisotopic (exact) mass is 297 g/mol. The summed E-state index contributed by atoms with van der Waals surface area (Å²) in [6.45, 7) is 5.59. The average Bonchev–Trinajstić information content (AvgIpc) is 2.99. The maximum atomic E-state index is 12.0. The second-order valence-electron chi connectivity index (χ2n) is 5.70. The Morgan fingerprint density at radius 3 is 2.75 bits per heavy atom. The average molecular weight is 297 g/mol. The van der Waals surface area contributed by atoms with Gasteiger partial charge < -0.3 is 4.74 Å². The number of esters is 1. The van der Waals surface area contributed by atoms with Crippen molar-refractivity contribution in [2.24, 2.45) is 5.92 Å². The van der Waals surface area contributed by atoms with E-state index in [0.29, 0.717) is 13.0 Å². The van der Waals surface area contributed by atoms with Crippen molar-refractivity contribution >= 4 is 17.3 Å². The largest absolute Gasteiger partial charge is 0.466 e. The van der Waals surface area contributed by atoms with Crippen LogP contribution >= 0.6 is 11.3 Å². The molecule has 0 radical (unpaired) electrons. The summed E-state index contributed by atoms with van der Waals surface area (Å²) >= 11 is 1.51. The molecule has 0 spiro atoms. The van der Waals surface area contributed by atoms with Gasteiger partial charge in [0.2, 0.25) is 5.54 Å². The first kappa shape index (κ1) is 15.0. The molecular formula is C14H19NO4S. The van der Waals surface area contributed by atoms with Crippen LogP contribution in [0.3, 0.4) is 0 Å². The van der Waals surface area contributed by atoms with Crippen LogP contribution in [-0.4, -0.2) is 23.0 Å². The number of ether oxygens (including phenoxy) is 1. The molecule has 20 heavy (non-hydrogen) atoms. The standard InChI is InChI=1S/C14H19NO4S/c1-4-19-12(16)10-8-13(2,11-6-5-7-20-11)14(3,9-10)15(17)18/h5-7,10H,4,8-9H2,1-3H3/t10?,13-,14+/m0/s1. The van der Waals surface area contributed by atoms with E-state index in [1.807, 2.05) is 24.4 Å². The highest BCUT2D eigenvalue weighted by Crippen LogP contribution is 2.53. The summed E-state index contributed by atoms with van der Waals surface area (Å²) in [4.78, 5) is 24.3. The van der Waals surface area contributed by atoms with Gasteiger partial charge in [-0.2, -0.15) is 0 Å². The van der Waals surface area contributed by atoms with Crippen molar-refractivity contribution in [3.63, 3.8) is 0 Å². The molecule has 0 aliphatic heterocycles. The van der Waals surface area contributed by atoms with Crippen molar-refractivity contribution in [3.05, 3.63) is 32.5 Å². The summed E-state index contributed by atoms with van der Waals surface area (Å²) in [6.07, 6.45) is 0.692. The second-order valence-corrected chi connectivity index (χ2v) is 6.65. The first-order chi connectivity index (χ1) is 9.35. The van der Waals surface area contributed by atoms with Gasteiger partial charge in [-0.3, -0.25) is 14.9 Å². The molecule has 0 bridgehead atoms. The van der Waals surface area contributed by atoms with Crippen molar-refractivity contribution in [3.8, 4) is 0 Å². The Hall–Kier alpha value is -1.43. The summed E-state index contributed by atoms with van der Waals surface area (Å²) in [5.74, 6) is -0.724. The second kappa shape index (κ2) is 5.16. The molecule has 0 saturated heterocycles. The lowest BCUT2D eigenvalue weighted by molar-refractivity contribution is -0.575. The fraction of sp³-hybridized carbons (Fsp3) is 0.643. The van der Waals surface area contributed by atoms with Crippen molar-refractivity contribution in [1.29, 1.82) is 0 Å². The predicted molar refractivity (Wildman–Crippen MR) is 76.4 cm³/mol. The summed E-state index contributed by atoms with van der Waals surface area (Å²) in [5, 5.41) is 13.5. The fourth-order valence-corrected chi connectivity index (χ4v) is 4.18. The van der Waals surface area contributed by atoms with Crippen LogP contribution in [-0.2, 0) is 14.9 Å². The van der Waals surface area contributed by atoms with E-state index in [9.17, 15) is 14.9 Å². The molecule has 1 saturated carbocycles. The van der Waals surface area contributed by atoms with E-state index in [1.54, 1.807) is 13.8 Å². The van der Waals surface area contributed by atoms with Gasteiger partial charge in [-0.15, -0.1) is 11.3 Å². The lowest BCUT2D eigenvalue weighted by Gasteiger charge is -2.32. The van der Waals surface area contributed by atoms with E-state index in [0.717, 1.165) is 4.88 Å². The Morgan fingerprint density at radius 1 is 1.55 bits per heavy atom. The molecule has 5 nitrogen and oxygen atoms in total. The molecule has 2 rings (SSSR count). The number of hydrogen-bond acceptors (Lipinski definition) is 5. The molecule has 110 valence electrons. The molecule has 0 N–H and O–H groups in total. The summed E-state index contributed by atoms with van der Waals surface area (Å²) in [6, 6.07) is 3.81. The van der Waals surface area contributed by atoms with Gasteiger partial charge in [0.1, 0.15) is 0 Å². The number of carbonyl (C=O) groups excluding carboxylic acids is 1. The molecule has 1 aromatic rings. The Kier molecular flexibility index (Phi) is 3.86. The van der Waals surface area contributed by atoms with Crippen LogP contribution in [0.2, 0.25) is 0 Å². The van der Waals surface area contributed by atoms with Gasteiger partial charge >= 0.3 is 5.97 Å². The van der Waals surface area contributed by atoms with Gasteiger partial charge in [0.15, 0.2) is 0 Å². The van der Waals surface area contributed by atoms with E-state index in [2.05, 4.69) is 0 Å². The Morgan fingerprint density at radius 2 is 2.25 bits per heavy atom. The van der Waals surface area contributed by atoms with Crippen LogP contribution in [0.15, 0.2) is 17.5 Å². The maximum Gasteiger partial charge on any atom is 0.309 e. The smallest absolute Gasteiger partial charge is 0.309 e. The highest BCUT2D eigenvalue weighted by molar-refractivity contribution is 7.10. The molecule has 1 aliphatic carbocycles. The van der Waals surface area contributed by atoms with Gasteiger partial charge in [-0.1, -0.05) is 6.07 Å². The van der Waals surface area contributed by atoms with Crippen LogP contribution in [0.25, 0.3) is 0 Å². The van der Waals surface area contributed by atoms with Crippen LogP contribution in [0.4, 0.5) is 0 Å². The summed E-state index contributed by atoms with van der Waals surface area (Å²) < 4.78 is 5.05. The quantitative estimate of drug-likeness (QED) is 0.486. The minimum atomic E-state index is -1.14. The van der Waals surface area contributed by atoms with Gasteiger partial charge in [0, 0.05) is 23.1 Å². The first-order valence-electron chi connectivity index (χ1n) is 6.70. The third kappa shape index (κ3) is 2.12. The molecule has 1 aromatic heterocycles. The molecule has 1 aliphatic rings. The van der Waals surface area contributed by atoms with Crippen molar-refractivity contribution in [2.45, 2.75) is 44.6 Å². The van der Waals surface area contributed by atoms with Crippen LogP contribution < -0.4 is 0 Å². The zero-order valence-electron chi connectivity index (χ0n) is 11.9. The van der Waals surface area contributed by atoms with Crippen molar-refractivity contribution in [2.75, 3.05) is 6.61 Å². The zero-order valence-corrected chi connectivity index (χ0v) is 12.7. The fourth-order valence-electron chi connectivity index (χ4n) is 3.15. The van der Waals surface area contributed by atoms with Crippen molar-refractivity contribution in [1.82, 2.24) is 0 Å². The lowest BCUT2D eigenvalue weighted by Crippen LogP contribution is -2.48. The maximum absolute atomic E-state index is 12.0. The van der Waals surface area contributed by atoms with Crippen LogP contribution in [0, 0.1) is 16.0 Å². The number of thiophene rings is 1. The molecule has 1 fully saturated rings. The van der Waals surface area contributed by atoms with Crippen molar-refractivity contribution < 1.29 is 14.5 Å². The van der Waals surface area contributed by atoms with E-state index in [1.165, 1.54) is 11.3 Å². The number of nitro groups is 1. The van der Waals surface area contributed by atoms with Gasteiger partial charge in [-0.05, 0) is 31.7 Å². The molecule has 3 atom stereocenters. The SMILES string of the molecule is CCOC(=O)C1C[C@@](C)(c2cccs2)[C@](C)([N+](=O)[O-])C1.